The largest absolute Gasteiger partial charge is 0.382 e. The molecule has 3 N–H and O–H groups in total. The van der Waals surface area contributed by atoms with Gasteiger partial charge in [0.25, 0.3) is 0 Å². The van der Waals surface area contributed by atoms with E-state index in [9.17, 15) is 0 Å². The van der Waals surface area contributed by atoms with Crippen molar-refractivity contribution in [1.29, 1.82) is 0 Å². The quantitative estimate of drug-likeness (QED) is 0.330. The fraction of sp³-hybridized carbons (Fsp3) is 1.00. The van der Waals surface area contributed by atoms with Gasteiger partial charge in [0.15, 0.2) is 0 Å². The Bertz CT molecular complexity index is 134. The zero-order chi connectivity index (χ0) is 11.5. The Kier molecular flexibility index (Phi) is 10.3. The lowest BCUT2D eigenvalue weighted by atomic mass is 9.98. The van der Waals surface area contributed by atoms with Gasteiger partial charge in [0.05, 0.1) is 13.2 Å². The van der Waals surface area contributed by atoms with Crippen LogP contribution in [0.4, 0.5) is 0 Å². The van der Waals surface area contributed by atoms with E-state index in [1.165, 1.54) is 6.42 Å². The van der Waals surface area contributed by atoms with Crippen LogP contribution in [0.25, 0.3) is 0 Å². The lowest BCUT2D eigenvalue weighted by molar-refractivity contribution is 0.0647. The number of hydrazine groups is 1. The summed E-state index contributed by atoms with van der Waals surface area (Å²) in [5.41, 5.74) is 2.85. The zero-order valence-corrected chi connectivity index (χ0v) is 10.3. The Morgan fingerprint density at radius 3 is 2.53 bits per heavy atom. The third-order valence-corrected chi connectivity index (χ3v) is 2.66. The summed E-state index contributed by atoms with van der Waals surface area (Å²) < 4.78 is 10.3. The number of ether oxygens (including phenoxy) is 2. The predicted molar refractivity (Wildman–Crippen MR) is 62.5 cm³/mol. The SMILES string of the molecule is CCC(C)CC(CCOCCOC)NN. The molecule has 2 unspecified atom stereocenters. The molecule has 0 aromatic carbocycles. The molecule has 0 rings (SSSR count). The summed E-state index contributed by atoms with van der Waals surface area (Å²) in [6, 6.07) is 0.363. The maximum absolute atomic E-state index is 5.49. The molecule has 0 aromatic heterocycles. The molecule has 0 aliphatic heterocycles. The van der Waals surface area contributed by atoms with Crippen LogP contribution in [0.2, 0.25) is 0 Å². The standard InChI is InChI=1S/C11H26N2O2/c1-4-10(2)9-11(13-12)5-6-15-8-7-14-3/h10-11,13H,4-9,12H2,1-3H3. The van der Waals surface area contributed by atoms with Gasteiger partial charge in [-0.05, 0) is 18.8 Å². The van der Waals surface area contributed by atoms with Gasteiger partial charge < -0.3 is 9.47 Å². The number of hydrogen-bond acceptors (Lipinski definition) is 4. The fourth-order valence-corrected chi connectivity index (χ4v) is 1.39. The molecule has 4 heteroatoms. The van der Waals surface area contributed by atoms with Gasteiger partial charge in [-0.25, -0.2) is 0 Å². The Morgan fingerprint density at radius 1 is 1.27 bits per heavy atom. The summed E-state index contributed by atoms with van der Waals surface area (Å²) in [7, 11) is 1.68. The second-order valence-corrected chi connectivity index (χ2v) is 4.01. The topological polar surface area (TPSA) is 56.5 Å². The Hall–Kier alpha value is -0.160. The van der Waals surface area contributed by atoms with Crippen molar-refractivity contribution in [3.63, 3.8) is 0 Å². The van der Waals surface area contributed by atoms with Gasteiger partial charge in [-0.3, -0.25) is 11.3 Å². The Labute approximate surface area is 93.5 Å². The average molecular weight is 218 g/mol. The van der Waals surface area contributed by atoms with Crippen LogP contribution in [0.1, 0.15) is 33.1 Å². The maximum atomic E-state index is 5.49. The summed E-state index contributed by atoms with van der Waals surface area (Å²) in [6.45, 7) is 6.52. The average Bonchev–Trinajstić information content (AvgIpc) is 2.26. The summed E-state index contributed by atoms with van der Waals surface area (Å²) in [5.74, 6) is 6.20. The van der Waals surface area contributed by atoms with E-state index in [0.717, 1.165) is 19.4 Å². The van der Waals surface area contributed by atoms with E-state index < -0.39 is 0 Å². The smallest absolute Gasteiger partial charge is 0.0700 e. The second kappa shape index (κ2) is 10.4. The highest BCUT2D eigenvalue weighted by Gasteiger charge is 2.10. The van der Waals surface area contributed by atoms with E-state index in [-0.39, 0.29) is 0 Å². The minimum Gasteiger partial charge on any atom is -0.382 e. The van der Waals surface area contributed by atoms with Crippen molar-refractivity contribution in [2.45, 2.75) is 39.2 Å². The van der Waals surface area contributed by atoms with Gasteiger partial charge in [0.2, 0.25) is 0 Å². The highest BCUT2D eigenvalue weighted by Crippen LogP contribution is 2.11. The zero-order valence-electron chi connectivity index (χ0n) is 10.3. The van der Waals surface area contributed by atoms with Crippen molar-refractivity contribution in [1.82, 2.24) is 5.43 Å². The van der Waals surface area contributed by atoms with E-state index in [2.05, 4.69) is 19.3 Å². The molecular formula is C11H26N2O2. The first kappa shape index (κ1) is 14.8. The third-order valence-electron chi connectivity index (χ3n) is 2.66. The van der Waals surface area contributed by atoms with Crippen molar-refractivity contribution in [3.8, 4) is 0 Å². The van der Waals surface area contributed by atoms with Crippen LogP contribution in [0.3, 0.4) is 0 Å². The molecule has 0 aromatic rings. The predicted octanol–water partition coefficient (Wildman–Crippen LogP) is 1.31. The number of nitrogens with one attached hydrogen (secondary N) is 1. The van der Waals surface area contributed by atoms with Gasteiger partial charge in [-0.15, -0.1) is 0 Å². The Balaban J connectivity index is 3.44. The molecule has 0 heterocycles. The highest BCUT2D eigenvalue weighted by atomic mass is 16.5. The number of hydrogen-bond donors (Lipinski definition) is 2. The highest BCUT2D eigenvalue weighted by molar-refractivity contribution is 4.66. The van der Waals surface area contributed by atoms with Crippen LogP contribution in [-0.2, 0) is 9.47 Å². The monoisotopic (exact) mass is 218 g/mol. The van der Waals surface area contributed by atoms with Gasteiger partial charge >= 0.3 is 0 Å². The summed E-state index contributed by atoms with van der Waals surface area (Å²) >= 11 is 0. The first-order valence-corrected chi connectivity index (χ1v) is 5.77. The number of methoxy groups -OCH3 is 1. The molecule has 92 valence electrons. The Morgan fingerprint density at radius 2 is 2.00 bits per heavy atom. The maximum Gasteiger partial charge on any atom is 0.0700 e. The van der Waals surface area contributed by atoms with Crippen LogP contribution in [-0.4, -0.2) is 33.0 Å². The minimum atomic E-state index is 0.363. The van der Waals surface area contributed by atoms with Crippen LogP contribution < -0.4 is 11.3 Å². The molecule has 0 radical (unpaired) electrons. The van der Waals surface area contributed by atoms with Crippen molar-refractivity contribution >= 4 is 0 Å². The van der Waals surface area contributed by atoms with Crippen molar-refractivity contribution in [2.75, 3.05) is 26.9 Å². The normalized spacial score (nSPS) is 15.2. The lowest BCUT2D eigenvalue weighted by Gasteiger charge is -2.19. The molecule has 0 aliphatic rings. The minimum absolute atomic E-state index is 0.363. The molecular weight excluding hydrogens is 192 g/mol. The molecule has 4 nitrogen and oxygen atoms in total. The van der Waals surface area contributed by atoms with E-state index in [4.69, 9.17) is 15.3 Å². The van der Waals surface area contributed by atoms with Crippen molar-refractivity contribution in [2.24, 2.45) is 11.8 Å². The van der Waals surface area contributed by atoms with E-state index in [1.807, 2.05) is 0 Å². The third kappa shape index (κ3) is 8.81. The summed E-state index contributed by atoms with van der Waals surface area (Å²) in [5, 5.41) is 0. The second-order valence-electron chi connectivity index (χ2n) is 4.01. The molecule has 0 bridgehead atoms. The van der Waals surface area contributed by atoms with Crippen LogP contribution in [0.5, 0.6) is 0 Å². The van der Waals surface area contributed by atoms with E-state index in [0.29, 0.717) is 25.2 Å². The van der Waals surface area contributed by atoms with Crippen molar-refractivity contribution < 1.29 is 9.47 Å². The number of nitrogens with two attached hydrogens (primary N) is 1. The van der Waals surface area contributed by atoms with Gasteiger partial charge in [-0.1, -0.05) is 20.3 Å². The summed E-state index contributed by atoms with van der Waals surface area (Å²) in [6.07, 6.45) is 3.27. The first-order chi connectivity index (χ1) is 7.24. The van der Waals surface area contributed by atoms with Crippen LogP contribution in [0, 0.1) is 5.92 Å². The molecule has 0 amide bonds. The molecule has 15 heavy (non-hydrogen) atoms. The molecule has 2 atom stereocenters. The van der Waals surface area contributed by atoms with Gasteiger partial charge in [0.1, 0.15) is 0 Å². The summed E-state index contributed by atoms with van der Waals surface area (Å²) in [4.78, 5) is 0. The molecule has 0 fully saturated rings. The van der Waals surface area contributed by atoms with E-state index in [1.54, 1.807) is 7.11 Å². The fourth-order valence-electron chi connectivity index (χ4n) is 1.39. The number of rotatable bonds is 10. The molecule has 0 spiro atoms. The molecule has 0 aliphatic carbocycles. The molecule has 0 saturated carbocycles. The van der Waals surface area contributed by atoms with Crippen LogP contribution >= 0.6 is 0 Å². The van der Waals surface area contributed by atoms with Crippen molar-refractivity contribution in [3.05, 3.63) is 0 Å². The molecule has 0 saturated heterocycles. The van der Waals surface area contributed by atoms with Crippen LogP contribution in [0.15, 0.2) is 0 Å². The lowest BCUT2D eigenvalue weighted by Crippen LogP contribution is -2.37. The first-order valence-electron chi connectivity index (χ1n) is 5.77. The van der Waals surface area contributed by atoms with E-state index >= 15 is 0 Å². The van der Waals surface area contributed by atoms with Gasteiger partial charge in [0, 0.05) is 19.8 Å². The van der Waals surface area contributed by atoms with Gasteiger partial charge in [-0.2, -0.15) is 0 Å².